The van der Waals surface area contributed by atoms with Crippen molar-refractivity contribution in [1.29, 1.82) is 0 Å². The molecule has 0 aromatic carbocycles. The van der Waals surface area contributed by atoms with Crippen molar-refractivity contribution in [2.45, 2.75) is 50.2 Å². The van der Waals surface area contributed by atoms with Gasteiger partial charge in [0.15, 0.2) is 0 Å². The Morgan fingerprint density at radius 2 is 2.10 bits per heavy atom. The fourth-order valence-corrected chi connectivity index (χ4v) is 4.88. The Kier molecular flexibility index (Phi) is 5.19. The van der Waals surface area contributed by atoms with E-state index in [0.717, 1.165) is 25.9 Å². The molecule has 3 heterocycles. The van der Waals surface area contributed by atoms with Gasteiger partial charge in [-0.3, -0.25) is 4.98 Å². The molecule has 0 amide bonds. The number of nitrogens with two attached hydrogens (primary N) is 1. The second-order valence-electron chi connectivity index (χ2n) is 6.45. The Bertz CT molecular complexity index is 428. The van der Waals surface area contributed by atoms with Crippen LogP contribution in [0.2, 0.25) is 0 Å². The summed E-state index contributed by atoms with van der Waals surface area (Å²) in [7, 11) is 0. The number of ether oxygens (including phenoxy) is 1. The van der Waals surface area contributed by atoms with E-state index >= 15 is 0 Å². The molecule has 1 aromatic heterocycles. The number of nitrogens with zero attached hydrogens (tertiary/aromatic N) is 1. The van der Waals surface area contributed by atoms with Gasteiger partial charge in [-0.15, -0.1) is 0 Å². The number of thioether (sulfide) groups is 1. The molecule has 4 heteroatoms. The van der Waals surface area contributed by atoms with Crippen molar-refractivity contribution in [3.8, 4) is 0 Å². The SMILES string of the molecule is NC(CCc1ccncc1)C1CCOC2(CCSCC2)C1. The second-order valence-corrected chi connectivity index (χ2v) is 7.68. The van der Waals surface area contributed by atoms with Crippen LogP contribution < -0.4 is 5.73 Å². The van der Waals surface area contributed by atoms with Crippen LogP contribution in [-0.2, 0) is 11.2 Å². The quantitative estimate of drug-likeness (QED) is 0.929. The van der Waals surface area contributed by atoms with E-state index in [1.54, 1.807) is 0 Å². The van der Waals surface area contributed by atoms with E-state index in [1.165, 1.54) is 36.3 Å². The molecule has 3 rings (SSSR count). The first-order valence-electron chi connectivity index (χ1n) is 8.14. The lowest BCUT2D eigenvalue weighted by molar-refractivity contribution is -0.105. The van der Waals surface area contributed by atoms with E-state index in [-0.39, 0.29) is 5.60 Å². The minimum absolute atomic E-state index is 0.155. The number of hydrogen-bond acceptors (Lipinski definition) is 4. The van der Waals surface area contributed by atoms with Crippen LogP contribution >= 0.6 is 11.8 Å². The number of rotatable bonds is 4. The summed E-state index contributed by atoms with van der Waals surface area (Å²) in [6, 6.07) is 4.49. The molecule has 2 fully saturated rings. The van der Waals surface area contributed by atoms with Crippen LogP contribution in [0.3, 0.4) is 0 Å². The summed E-state index contributed by atoms with van der Waals surface area (Å²) in [5.41, 5.74) is 8.01. The Morgan fingerprint density at radius 3 is 2.86 bits per heavy atom. The fraction of sp³-hybridized carbons (Fsp3) is 0.706. The first-order valence-corrected chi connectivity index (χ1v) is 9.29. The molecule has 2 aliphatic rings. The van der Waals surface area contributed by atoms with Crippen molar-refractivity contribution >= 4 is 11.8 Å². The van der Waals surface area contributed by atoms with Gasteiger partial charge in [-0.1, -0.05) is 0 Å². The molecular formula is C17H26N2OS. The molecule has 0 radical (unpaired) electrons. The molecule has 0 aliphatic carbocycles. The highest BCUT2D eigenvalue weighted by molar-refractivity contribution is 7.99. The summed E-state index contributed by atoms with van der Waals surface area (Å²) in [5.74, 6) is 3.13. The molecule has 0 bridgehead atoms. The number of hydrogen-bond donors (Lipinski definition) is 1. The fourth-order valence-electron chi connectivity index (χ4n) is 3.64. The van der Waals surface area contributed by atoms with Gasteiger partial charge in [0.25, 0.3) is 0 Å². The second kappa shape index (κ2) is 7.12. The predicted octanol–water partition coefficient (Wildman–Crippen LogP) is 3.03. The Hall–Kier alpha value is -0.580. The van der Waals surface area contributed by atoms with E-state index in [2.05, 4.69) is 28.9 Å². The van der Waals surface area contributed by atoms with Crippen LogP contribution in [0.15, 0.2) is 24.5 Å². The normalized spacial score (nSPS) is 26.6. The van der Waals surface area contributed by atoms with E-state index in [1.807, 2.05) is 12.4 Å². The molecule has 21 heavy (non-hydrogen) atoms. The zero-order valence-electron chi connectivity index (χ0n) is 12.7. The summed E-state index contributed by atoms with van der Waals surface area (Å²) in [5, 5.41) is 0. The lowest BCUT2D eigenvalue weighted by atomic mass is 9.77. The number of aromatic nitrogens is 1. The van der Waals surface area contributed by atoms with Gasteiger partial charge in [-0.25, -0.2) is 0 Å². The molecule has 3 nitrogen and oxygen atoms in total. The van der Waals surface area contributed by atoms with E-state index in [0.29, 0.717) is 12.0 Å². The van der Waals surface area contributed by atoms with Gasteiger partial charge in [0, 0.05) is 25.0 Å². The van der Waals surface area contributed by atoms with Gasteiger partial charge in [0.2, 0.25) is 0 Å². The Morgan fingerprint density at radius 1 is 1.33 bits per heavy atom. The lowest BCUT2D eigenvalue weighted by Crippen LogP contribution is -2.47. The zero-order valence-corrected chi connectivity index (χ0v) is 13.5. The van der Waals surface area contributed by atoms with E-state index in [4.69, 9.17) is 10.5 Å². The summed E-state index contributed by atoms with van der Waals surface area (Å²) >= 11 is 2.06. The first kappa shape index (κ1) is 15.3. The zero-order chi connectivity index (χ0) is 14.5. The van der Waals surface area contributed by atoms with Crippen molar-refractivity contribution < 1.29 is 4.74 Å². The summed E-state index contributed by atoms with van der Waals surface area (Å²) in [6.45, 7) is 0.901. The third-order valence-corrected chi connectivity index (χ3v) is 6.04. The van der Waals surface area contributed by atoms with Gasteiger partial charge in [-0.2, -0.15) is 11.8 Å². The minimum Gasteiger partial charge on any atom is -0.375 e. The van der Waals surface area contributed by atoms with Gasteiger partial charge in [0.1, 0.15) is 0 Å². The highest BCUT2D eigenvalue weighted by Crippen LogP contribution is 2.40. The van der Waals surface area contributed by atoms with Gasteiger partial charge < -0.3 is 10.5 Å². The molecule has 1 spiro atoms. The largest absolute Gasteiger partial charge is 0.375 e. The van der Waals surface area contributed by atoms with Crippen LogP contribution in [0, 0.1) is 5.92 Å². The predicted molar refractivity (Wildman–Crippen MR) is 88.5 cm³/mol. The molecule has 2 unspecified atom stereocenters. The topological polar surface area (TPSA) is 48.1 Å². The summed E-state index contributed by atoms with van der Waals surface area (Å²) in [4.78, 5) is 4.07. The van der Waals surface area contributed by atoms with E-state index in [9.17, 15) is 0 Å². The van der Waals surface area contributed by atoms with Crippen LogP contribution in [0.5, 0.6) is 0 Å². The van der Waals surface area contributed by atoms with Gasteiger partial charge >= 0.3 is 0 Å². The monoisotopic (exact) mass is 306 g/mol. The molecule has 2 saturated heterocycles. The smallest absolute Gasteiger partial charge is 0.0701 e. The summed E-state index contributed by atoms with van der Waals surface area (Å²) in [6.07, 6.45) is 10.6. The van der Waals surface area contributed by atoms with Crippen LogP contribution in [-0.4, -0.2) is 34.7 Å². The van der Waals surface area contributed by atoms with Crippen molar-refractivity contribution in [2.75, 3.05) is 18.1 Å². The molecule has 2 aliphatic heterocycles. The number of aryl methyl sites for hydroxylation is 1. The highest BCUT2D eigenvalue weighted by Gasteiger charge is 2.40. The molecule has 116 valence electrons. The average molecular weight is 306 g/mol. The maximum Gasteiger partial charge on any atom is 0.0701 e. The van der Waals surface area contributed by atoms with Gasteiger partial charge in [-0.05, 0) is 73.6 Å². The third-order valence-electron chi connectivity index (χ3n) is 5.06. The Balaban J connectivity index is 1.53. The van der Waals surface area contributed by atoms with Crippen molar-refractivity contribution in [3.63, 3.8) is 0 Å². The maximum absolute atomic E-state index is 6.51. The standard InChI is InChI=1S/C17H26N2OS/c18-16(2-1-14-3-8-19-9-4-14)15-5-10-20-17(13-15)6-11-21-12-7-17/h3-4,8-9,15-16H,1-2,5-7,10-13,18H2. The molecular weight excluding hydrogens is 280 g/mol. The van der Waals surface area contributed by atoms with Crippen molar-refractivity contribution in [3.05, 3.63) is 30.1 Å². The molecule has 2 atom stereocenters. The van der Waals surface area contributed by atoms with Crippen molar-refractivity contribution in [1.82, 2.24) is 4.98 Å². The number of pyridine rings is 1. The van der Waals surface area contributed by atoms with Crippen LogP contribution in [0.1, 0.15) is 37.7 Å². The first-order chi connectivity index (χ1) is 10.3. The van der Waals surface area contributed by atoms with Crippen LogP contribution in [0.4, 0.5) is 0 Å². The van der Waals surface area contributed by atoms with Gasteiger partial charge in [0.05, 0.1) is 5.60 Å². The van der Waals surface area contributed by atoms with Crippen molar-refractivity contribution in [2.24, 2.45) is 11.7 Å². The average Bonchev–Trinajstić information content (AvgIpc) is 2.54. The molecule has 2 N–H and O–H groups in total. The Labute approximate surface area is 132 Å². The summed E-state index contributed by atoms with van der Waals surface area (Å²) < 4.78 is 6.17. The molecule has 1 aromatic rings. The highest BCUT2D eigenvalue weighted by atomic mass is 32.2. The third kappa shape index (κ3) is 3.99. The van der Waals surface area contributed by atoms with Crippen LogP contribution in [0.25, 0.3) is 0 Å². The molecule has 0 saturated carbocycles. The van der Waals surface area contributed by atoms with E-state index < -0.39 is 0 Å². The maximum atomic E-state index is 6.51. The lowest BCUT2D eigenvalue weighted by Gasteiger charge is -2.44. The minimum atomic E-state index is 0.155.